The molecule has 0 radical (unpaired) electrons. The Morgan fingerprint density at radius 2 is 0.616 bits per heavy atom. The van der Waals surface area contributed by atoms with Crippen molar-refractivity contribution in [3.63, 3.8) is 0 Å². The Morgan fingerprint density at radius 1 is 0.301 bits per heavy atom. The molecule has 12 saturated carbocycles. The first kappa shape index (κ1) is 54.0. The Morgan fingerprint density at radius 3 is 1.08 bits per heavy atom. The van der Waals surface area contributed by atoms with Crippen LogP contribution in [0.4, 0.5) is 0 Å². The van der Waals surface area contributed by atoms with E-state index in [2.05, 4.69) is 60.8 Å². The highest BCUT2D eigenvalue weighted by Gasteiger charge is 2.63. The summed E-state index contributed by atoms with van der Waals surface area (Å²) in [5, 5.41) is 0. The van der Waals surface area contributed by atoms with E-state index in [-0.39, 0.29) is 0 Å². The molecule has 0 amide bonds. The Bertz CT molecular complexity index is 1790. The summed E-state index contributed by atoms with van der Waals surface area (Å²) >= 11 is 0. The number of fused-ring (bicyclic) bond motifs is 6. The Hall–Kier alpha value is 0.434. The molecule has 73 heavy (non-hydrogen) atoms. The van der Waals surface area contributed by atoms with E-state index in [9.17, 15) is 0 Å². The summed E-state index contributed by atoms with van der Waals surface area (Å²) in [6.07, 6.45) is 55.7. The Balaban J connectivity index is 0.656. The van der Waals surface area contributed by atoms with Gasteiger partial charge in [0.05, 0.1) is 16.1 Å². The zero-order valence-electron chi connectivity index (χ0n) is 50.3. The fourth-order valence-corrected chi connectivity index (χ4v) is 41.7. The minimum absolute atomic E-state index is 0.888. The third-order valence-electron chi connectivity index (χ3n) is 29.8. The van der Waals surface area contributed by atoms with E-state index >= 15 is 0 Å². The summed E-state index contributed by atoms with van der Waals surface area (Å²) in [6.45, 7) is 26.0. The highest BCUT2D eigenvalue weighted by atomic mass is 28.3. The molecule has 416 valence electrons. The molecule has 12 aliphatic carbocycles. The third-order valence-corrected chi connectivity index (χ3v) is 40.5. The van der Waals surface area contributed by atoms with Crippen LogP contribution in [-0.2, 0) is 0 Å². The van der Waals surface area contributed by atoms with Gasteiger partial charge in [-0.15, -0.1) is 0 Å². The number of rotatable bonds is 13. The molecular weight excluding hydrogens is 909 g/mol. The van der Waals surface area contributed by atoms with Crippen molar-refractivity contribution in [3.8, 4) is 0 Å². The quantitative estimate of drug-likeness (QED) is 0.127. The van der Waals surface area contributed by atoms with E-state index in [1.54, 1.807) is 225 Å². The molecule has 0 aromatic heterocycles. The standard InChI is InChI=1S/C71H124Si2/c1-45(2)63-44-65-52(30-20-38-60(65)71(63)73(8,9)70-48(5)43-67-58(36-22-40-62(67)70)56-34-18-28-50-26-14-16-32-54(50)56)24-12-10-11-23-51-29-19-37-59-64(51)41-46(3)68(59)72(6,7)69-47(4)42-66-57(35-21-39-61(66)69)55-33-17-27-49-25-13-15-31-53(49)55/h45-71H,10-44H2,1-9H3. The fourth-order valence-electron chi connectivity index (χ4n) is 28.3. The van der Waals surface area contributed by atoms with Crippen LogP contribution in [0.15, 0.2) is 0 Å². The van der Waals surface area contributed by atoms with Gasteiger partial charge < -0.3 is 0 Å². The van der Waals surface area contributed by atoms with Gasteiger partial charge in [-0.3, -0.25) is 0 Å². The maximum atomic E-state index is 3.05. The van der Waals surface area contributed by atoms with Gasteiger partial charge in [-0.2, -0.15) is 0 Å². The molecule has 0 heterocycles. The fraction of sp³-hybridized carbons (Fsp3) is 1.00. The molecule has 0 spiro atoms. The molecule has 12 aliphatic rings. The van der Waals surface area contributed by atoms with Crippen LogP contribution in [0, 0.1) is 136 Å². The van der Waals surface area contributed by atoms with Crippen molar-refractivity contribution < 1.29 is 0 Å². The van der Waals surface area contributed by atoms with Gasteiger partial charge in [0.1, 0.15) is 0 Å². The average molecular weight is 1030 g/mol. The first-order chi connectivity index (χ1) is 35.3. The molecular formula is C71H124Si2. The maximum absolute atomic E-state index is 3.05. The summed E-state index contributed by atoms with van der Waals surface area (Å²) in [7, 11) is -2.97. The van der Waals surface area contributed by atoms with Crippen molar-refractivity contribution in [2.75, 3.05) is 0 Å². The summed E-state index contributed by atoms with van der Waals surface area (Å²) in [5.74, 6) is 24.7. The van der Waals surface area contributed by atoms with E-state index in [0.717, 1.165) is 158 Å². The van der Waals surface area contributed by atoms with E-state index < -0.39 is 16.1 Å². The minimum atomic E-state index is -1.51. The lowest BCUT2D eigenvalue weighted by Crippen LogP contribution is -2.48. The minimum Gasteiger partial charge on any atom is -0.0689 e. The smallest absolute Gasteiger partial charge is 0.0547 e. The first-order valence-corrected chi connectivity index (χ1v) is 41.6. The molecule has 2 heteroatoms. The van der Waals surface area contributed by atoms with E-state index in [1.165, 1.54) is 0 Å². The van der Waals surface area contributed by atoms with Crippen LogP contribution in [0.1, 0.15) is 259 Å². The van der Waals surface area contributed by atoms with Gasteiger partial charge in [-0.25, -0.2) is 0 Å². The summed E-state index contributed by atoms with van der Waals surface area (Å²) < 4.78 is 0. The topological polar surface area (TPSA) is 0 Å². The average Bonchev–Trinajstić information content (AvgIpc) is 4.16. The molecule has 26 unspecified atom stereocenters. The highest BCUT2D eigenvalue weighted by molar-refractivity contribution is 6.81. The van der Waals surface area contributed by atoms with Crippen LogP contribution < -0.4 is 0 Å². The van der Waals surface area contributed by atoms with E-state index in [0.29, 0.717) is 0 Å². The van der Waals surface area contributed by atoms with Crippen LogP contribution in [0.2, 0.25) is 48.4 Å². The maximum Gasteiger partial charge on any atom is 0.0547 e. The van der Waals surface area contributed by atoms with Crippen molar-refractivity contribution in [2.24, 2.45) is 136 Å². The van der Waals surface area contributed by atoms with Gasteiger partial charge >= 0.3 is 0 Å². The predicted molar refractivity (Wildman–Crippen MR) is 320 cm³/mol. The zero-order valence-corrected chi connectivity index (χ0v) is 52.3. The van der Waals surface area contributed by atoms with E-state index in [4.69, 9.17) is 0 Å². The lowest BCUT2D eigenvalue weighted by Gasteiger charge is -2.52. The molecule has 0 nitrogen and oxygen atoms in total. The third kappa shape index (κ3) is 9.91. The molecule has 0 aliphatic heterocycles. The second-order valence-corrected chi connectivity index (χ2v) is 43.6. The molecule has 26 atom stereocenters. The first-order valence-electron chi connectivity index (χ1n) is 35.3. The second-order valence-electron chi connectivity index (χ2n) is 33.7. The van der Waals surface area contributed by atoms with Crippen LogP contribution in [0.5, 0.6) is 0 Å². The predicted octanol–water partition coefficient (Wildman–Crippen LogP) is 22.0. The summed E-state index contributed by atoms with van der Waals surface area (Å²) in [5.41, 5.74) is 4.46. The second kappa shape index (κ2) is 22.4. The van der Waals surface area contributed by atoms with E-state index in [1.807, 2.05) is 0 Å². The van der Waals surface area contributed by atoms with Gasteiger partial charge in [-0.1, -0.05) is 221 Å². The van der Waals surface area contributed by atoms with Crippen molar-refractivity contribution in [1.29, 1.82) is 0 Å². The van der Waals surface area contributed by atoms with Crippen LogP contribution in [0.25, 0.3) is 0 Å². The summed E-state index contributed by atoms with van der Waals surface area (Å²) in [4.78, 5) is 0. The van der Waals surface area contributed by atoms with Crippen LogP contribution in [0.3, 0.4) is 0 Å². The molecule has 0 aromatic rings. The molecule has 0 aromatic carbocycles. The zero-order chi connectivity index (χ0) is 50.3. The Kier molecular flexibility index (Phi) is 16.6. The van der Waals surface area contributed by atoms with Gasteiger partial charge in [0, 0.05) is 0 Å². The molecule has 12 rings (SSSR count). The van der Waals surface area contributed by atoms with Crippen molar-refractivity contribution in [3.05, 3.63) is 0 Å². The molecule has 0 N–H and O–H groups in total. The normalized spacial score (nSPS) is 51.2. The number of unbranched alkanes of at least 4 members (excludes halogenated alkanes) is 2. The van der Waals surface area contributed by atoms with Crippen LogP contribution in [-0.4, -0.2) is 16.1 Å². The summed E-state index contributed by atoms with van der Waals surface area (Å²) in [6, 6.07) is 0. The lowest BCUT2D eigenvalue weighted by atomic mass is 9.57. The van der Waals surface area contributed by atoms with Crippen molar-refractivity contribution >= 4 is 16.1 Å². The van der Waals surface area contributed by atoms with Gasteiger partial charge in [0.2, 0.25) is 0 Å². The molecule has 0 saturated heterocycles. The monoisotopic (exact) mass is 1030 g/mol. The van der Waals surface area contributed by atoms with Crippen molar-refractivity contribution in [2.45, 2.75) is 308 Å². The number of hydrogen-bond acceptors (Lipinski definition) is 0. The van der Waals surface area contributed by atoms with Crippen LogP contribution >= 0.6 is 0 Å². The SMILES string of the molecule is CC(C)C1CC2C(CCCCCC3CCCC4C3CC(C)C4[Si](C)(C)C3C(C)CC4C(C5CCCC6CCCCC65)CCCC43)CCCC2C1[Si](C)(C)C1C(C)CC2C(C3CCCC4CCCCC43)CCCC21. The highest BCUT2D eigenvalue weighted by Crippen LogP contribution is 2.70. The van der Waals surface area contributed by atoms with Gasteiger partial charge in [0.15, 0.2) is 0 Å². The Labute approximate surface area is 457 Å². The molecule has 0 bridgehead atoms. The lowest BCUT2D eigenvalue weighted by molar-refractivity contribution is 0.0126. The van der Waals surface area contributed by atoms with Crippen molar-refractivity contribution in [1.82, 2.24) is 0 Å². The van der Waals surface area contributed by atoms with Gasteiger partial charge in [0.25, 0.3) is 0 Å². The largest absolute Gasteiger partial charge is 0.0689 e. The molecule has 12 fully saturated rings. The van der Waals surface area contributed by atoms with Gasteiger partial charge in [-0.05, 0) is 222 Å². The number of hydrogen-bond donors (Lipinski definition) is 0.